The summed E-state index contributed by atoms with van der Waals surface area (Å²) in [6.45, 7) is 4.49. The lowest BCUT2D eigenvalue weighted by Crippen LogP contribution is -2.50. The first-order valence-corrected chi connectivity index (χ1v) is 11.6. The first-order valence-electron chi connectivity index (χ1n) is 10.9. The molecule has 1 aliphatic rings. The smallest absolute Gasteiger partial charge is 0.321 e. The van der Waals surface area contributed by atoms with Crippen LogP contribution in [0.5, 0.6) is 0 Å². The Balaban J connectivity index is 1.97. The number of nitrogens with zero attached hydrogens (tertiary/aromatic N) is 3. The van der Waals surface area contributed by atoms with Crippen molar-refractivity contribution in [2.75, 3.05) is 18.1 Å². The number of amides is 1. The van der Waals surface area contributed by atoms with Crippen LogP contribution in [0.4, 0.5) is 5.95 Å². The molecular weight excluding hydrogens is 449 g/mol. The highest BCUT2D eigenvalue weighted by molar-refractivity contribution is 6.35. The van der Waals surface area contributed by atoms with Gasteiger partial charge in [0.15, 0.2) is 5.92 Å². The van der Waals surface area contributed by atoms with E-state index in [1.807, 2.05) is 28.8 Å². The maximum absolute atomic E-state index is 13.7. The topological polar surface area (TPSA) is 64.4 Å². The SMILES string of the molecule is CCCCCN1C(=O)C(C(=O)OCC)C(c2ccc(Cl)cc2Cl)n2c1nc1ccccc12. The number of rotatable bonds is 7. The van der Waals surface area contributed by atoms with Crippen LogP contribution in [-0.2, 0) is 14.3 Å². The number of ether oxygens (including phenoxy) is 1. The molecule has 1 amide bonds. The van der Waals surface area contributed by atoms with Crippen molar-refractivity contribution in [1.29, 1.82) is 0 Å². The number of hydrogen-bond donors (Lipinski definition) is 0. The van der Waals surface area contributed by atoms with Crippen molar-refractivity contribution in [3.63, 3.8) is 0 Å². The summed E-state index contributed by atoms with van der Waals surface area (Å²) in [5.74, 6) is -1.46. The third kappa shape index (κ3) is 3.97. The van der Waals surface area contributed by atoms with E-state index in [0.29, 0.717) is 28.1 Å². The minimum atomic E-state index is -1.08. The third-order valence-corrected chi connectivity index (χ3v) is 6.31. The van der Waals surface area contributed by atoms with Crippen LogP contribution >= 0.6 is 23.2 Å². The van der Waals surface area contributed by atoms with Gasteiger partial charge in [-0.15, -0.1) is 0 Å². The maximum atomic E-state index is 13.7. The zero-order valence-corrected chi connectivity index (χ0v) is 19.6. The average molecular weight is 474 g/mol. The number of anilines is 1. The second kappa shape index (κ2) is 9.51. The Kier molecular flexibility index (Phi) is 6.72. The number of carbonyl (C=O) groups is 2. The summed E-state index contributed by atoms with van der Waals surface area (Å²) in [6.07, 6.45) is 2.80. The number of para-hydroxylation sites is 2. The Morgan fingerprint density at radius 2 is 1.91 bits per heavy atom. The van der Waals surface area contributed by atoms with Gasteiger partial charge < -0.3 is 9.30 Å². The highest BCUT2D eigenvalue weighted by atomic mass is 35.5. The number of halogens is 2. The third-order valence-electron chi connectivity index (χ3n) is 5.75. The van der Waals surface area contributed by atoms with Gasteiger partial charge in [-0.25, -0.2) is 4.98 Å². The van der Waals surface area contributed by atoms with Crippen molar-refractivity contribution in [1.82, 2.24) is 9.55 Å². The average Bonchev–Trinajstić information content (AvgIpc) is 3.14. The lowest BCUT2D eigenvalue weighted by molar-refractivity contribution is -0.153. The van der Waals surface area contributed by atoms with E-state index in [2.05, 4.69) is 6.92 Å². The number of unbranched alkanes of at least 4 members (excludes halogenated alkanes) is 2. The molecule has 0 saturated heterocycles. The largest absolute Gasteiger partial charge is 0.465 e. The van der Waals surface area contributed by atoms with Gasteiger partial charge in [-0.05, 0) is 43.2 Å². The summed E-state index contributed by atoms with van der Waals surface area (Å²) in [6, 6.07) is 12.0. The summed E-state index contributed by atoms with van der Waals surface area (Å²) in [5.41, 5.74) is 2.19. The van der Waals surface area contributed by atoms with Crippen LogP contribution in [0.2, 0.25) is 10.0 Å². The van der Waals surface area contributed by atoms with Crippen molar-refractivity contribution in [3.05, 3.63) is 58.1 Å². The van der Waals surface area contributed by atoms with Crippen LogP contribution in [-0.4, -0.2) is 34.6 Å². The summed E-state index contributed by atoms with van der Waals surface area (Å²) >= 11 is 12.7. The minimum Gasteiger partial charge on any atom is -0.465 e. The summed E-state index contributed by atoms with van der Waals surface area (Å²) in [7, 11) is 0. The number of imidazole rings is 1. The molecule has 32 heavy (non-hydrogen) atoms. The molecule has 8 heteroatoms. The zero-order valence-electron chi connectivity index (χ0n) is 18.1. The van der Waals surface area contributed by atoms with Crippen molar-refractivity contribution < 1.29 is 14.3 Å². The van der Waals surface area contributed by atoms with E-state index in [0.717, 1.165) is 30.3 Å². The number of carbonyl (C=O) groups excluding carboxylic acids is 2. The van der Waals surface area contributed by atoms with Gasteiger partial charge in [0.05, 0.1) is 23.7 Å². The van der Waals surface area contributed by atoms with Crippen LogP contribution < -0.4 is 4.90 Å². The molecule has 2 aromatic carbocycles. The molecule has 168 valence electrons. The molecular formula is C24H25Cl2N3O3. The lowest BCUT2D eigenvalue weighted by atomic mass is 9.89. The van der Waals surface area contributed by atoms with Crippen LogP contribution in [0, 0.1) is 5.92 Å². The molecule has 0 radical (unpaired) electrons. The van der Waals surface area contributed by atoms with Crippen LogP contribution in [0.25, 0.3) is 11.0 Å². The molecule has 4 rings (SSSR count). The standard InChI is InChI=1S/C24H25Cl2N3O3/c1-3-5-8-13-28-22(30)20(23(31)32-4-2)21(16-12-11-15(25)14-17(16)26)29-19-10-7-6-9-18(19)27-24(28)29/h6-7,9-12,14,20-21H,3-5,8,13H2,1-2H3. The Hall–Kier alpha value is -2.57. The highest BCUT2D eigenvalue weighted by Crippen LogP contribution is 2.43. The van der Waals surface area contributed by atoms with Gasteiger partial charge in [0.1, 0.15) is 0 Å². The Morgan fingerprint density at radius 3 is 2.62 bits per heavy atom. The fraction of sp³-hybridized carbons (Fsp3) is 0.375. The normalized spacial score (nSPS) is 18.1. The zero-order chi connectivity index (χ0) is 22.8. The van der Waals surface area contributed by atoms with E-state index in [1.54, 1.807) is 30.0 Å². The number of aromatic nitrogens is 2. The highest BCUT2D eigenvalue weighted by Gasteiger charge is 2.48. The lowest BCUT2D eigenvalue weighted by Gasteiger charge is -2.38. The molecule has 2 atom stereocenters. The predicted octanol–water partition coefficient (Wildman–Crippen LogP) is 5.65. The predicted molar refractivity (Wildman–Crippen MR) is 126 cm³/mol. The van der Waals surface area contributed by atoms with Crippen molar-refractivity contribution in [2.24, 2.45) is 5.92 Å². The molecule has 6 nitrogen and oxygen atoms in total. The number of esters is 1. The fourth-order valence-electron chi connectivity index (χ4n) is 4.30. The summed E-state index contributed by atoms with van der Waals surface area (Å²) in [5, 5.41) is 0.859. The molecule has 2 unspecified atom stereocenters. The van der Waals surface area contributed by atoms with E-state index >= 15 is 0 Å². The van der Waals surface area contributed by atoms with Crippen molar-refractivity contribution in [3.8, 4) is 0 Å². The molecule has 0 N–H and O–H groups in total. The van der Waals surface area contributed by atoms with Crippen molar-refractivity contribution >= 4 is 52.1 Å². The maximum Gasteiger partial charge on any atom is 0.321 e. The molecule has 1 aliphatic heterocycles. The second-order valence-electron chi connectivity index (χ2n) is 7.81. The van der Waals surface area contributed by atoms with Gasteiger partial charge in [0.2, 0.25) is 11.9 Å². The molecule has 0 spiro atoms. The Morgan fingerprint density at radius 1 is 1.12 bits per heavy atom. The summed E-state index contributed by atoms with van der Waals surface area (Å²) in [4.78, 5) is 33.3. The number of hydrogen-bond acceptors (Lipinski definition) is 4. The van der Waals surface area contributed by atoms with E-state index in [-0.39, 0.29) is 12.5 Å². The van der Waals surface area contributed by atoms with E-state index in [1.165, 1.54) is 0 Å². The second-order valence-corrected chi connectivity index (χ2v) is 8.65. The van der Waals surface area contributed by atoms with Crippen LogP contribution in [0.15, 0.2) is 42.5 Å². The Labute approximate surface area is 197 Å². The van der Waals surface area contributed by atoms with Gasteiger partial charge in [-0.2, -0.15) is 0 Å². The van der Waals surface area contributed by atoms with Gasteiger partial charge in [-0.1, -0.05) is 61.2 Å². The molecule has 0 saturated carbocycles. The first-order chi connectivity index (χ1) is 15.5. The van der Waals surface area contributed by atoms with Gasteiger partial charge in [0.25, 0.3) is 0 Å². The number of fused-ring (bicyclic) bond motifs is 3. The summed E-state index contributed by atoms with van der Waals surface area (Å²) < 4.78 is 7.30. The van der Waals surface area contributed by atoms with Gasteiger partial charge in [-0.3, -0.25) is 14.5 Å². The number of benzene rings is 2. The van der Waals surface area contributed by atoms with E-state index < -0.39 is 17.9 Å². The van der Waals surface area contributed by atoms with Crippen LogP contribution in [0.3, 0.4) is 0 Å². The minimum absolute atomic E-state index is 0.178. The van der Waals surface area contributed by atoms with Crippen LogP contribution in [0.1, 0.15) is 44.7 Å². The van der Waals surface area contributed by atoms with Gasteiger partial charge in [0, 0.05) is 16.6 Å². The van der Waals surface area contributed by atoms with Crippen molar-refractivity contribution in [2.45, 2.75) is 39.2 Å². The first kappa shape index (κ1) is 22.6. The monoisotopic (exact) mass is 473 g/mol. The van der Waals surface area contributed by atoms with E-state index in [4.69, 9.17) is 32.9 Å². The van der Waals surface area contributed by atoms with Gasteiger partial charge >= 0.3 is 5.97 Å². The molecule has 3 aromatic rings. The molecule has 1 aromatic heterocycles. The fourth-order valence-corrected chi connectivity index (χ4v) is 4.82. The molecule has 0 bridgehead atoms. The Bertz CT molecular complexity index is 1160. The molecule has 0 aliphatic carbocycles. The quantitative estimate of drug-likeness (QED) is 0.252. The molecule has 0 fully saturated rings. The van der Waals surface area contributed by atoms with E-state index in [9.17, 15) is 9.59 Å². The molecule has 2 heterocycles.